The fourth-order valence-corrected chi connectivity index (χ4v) is 3.41. The lowest BCUT2D eigenvalue weighted by Gasteiger charge is -2.43. The number of hydrogen-bond acceptors (Lipinski definition) is 2. The van der Waals surface area contributed by atoms with E-state index in [1.807, 2.05) is 0 Å². The van der Waals surface area contributed by atoms with Gasteiger partial charge in [0.2, 0.25) is 0 Å². The van der Waals surface area contributed by atoms with Gasteiger partial charge in [-0.3, -0.25) is 0 Å². The van der Waals surface area contributed by atoms with Crippen LogP contribution in [0.25, 0.3) is 0 Å². The molecule has 1 unspecified atom stereocenters. The summed E-state index contributed by atoms with van der Waals surface area (Å²) >= 11 is 0. The van der Waals surface area contributed by atoms with Crippen molar-refractivity contribution in [1.82, 2.24) is 5.32 Å². The van der Waals surface area contributed by atoms with Gasteiger partial charge in [0.15, 0.2) is 0 Å². The van der Waals surface area contributed by atoms with Crippen LogP contribution in [-0.4, -0.2) is 24.8 Å². The molecule has 17 heavy (non-hydrogen) atoms. The van der Waals surface area contributed by atoms with Crippen LogP contribution in [0.3, 0.4) is 0 Å². The van der Waals surface area contributed by atoms with E-state index in [1.165, 1.54) is 38.5 Å². The van der Waals surface area contributed by atoms with Crippen molar-refractivity contribution in [3.63, 3.8) is 0 Å². The van der Waals surface area contributed by atoms with Crippen molar-refractivity contribution in [2.75, 3.05) is 13.2 Å². The normalized spacial score (nSPS) is 22.4. The minimum Gasteiger partial charge on any atom is -0.374 e. The van der Waals surface area contributed by atoms with Crippen molar-refractivity contribution < 1.29 is 4.74 Å². The summed E-state index contributed by atoms with van der Waals surface area (Å²) in [5.41, 5.74) is 0.0927. The van der Waals surface area contributed by atoms with Gasteiger partial charge in [-0.2, -0.15) is 0 Å². The number of hydrogen-bond donors (Lipinski definition) is 1. The molecule has 1 rings (SSSR count). The Morgan fingerprint density at radius 1 is 1.06 bits per heavy atom. The lowest BCUT2D eigenvalue weighted by Crippen LogP contribution is -2.55. The molecule has 1 saturated carbocycles. The quantitative estimate of drug-likeness (QED) is 0.715. The maximum absolute atomic E-state index is 6.26. The van der Waals surface area contributed by atoms with E-state index in [4.69, 9.17) is 4.74 Å². The monoisotopic (exact) mass is 241 g/mol. The molecule has 1 fully saturated rings. The maximum Gasteiger partial charge on any atom is 0.0837 e. The van der Waals surface area contributed by atoms with Gasteiger partial charge >= 0.3 is 0 Å². The second-order valence-electron chi connectivity index (χ2n) is 5.69. The van der Waals surface area contributed by atoms with Crippen molar-refractivity contribution in [2.24, 2.45) is 5.92 Å². The molecule has 0 aromatic rings. The van der Waals surface area contributed by atoms with E-state index in [0.717, 1.165) is 13.2 Å². The smallest absolute Gasteiger partial charge is 0.0837 e. The Kier molecular flexibility index (Phi) is 6.50. The van der Waals surface area contributed by atoms with Crippen LogP contribution in [0, 0.1) is 5.92 Å². The topological polar surface area (TPSA) is 21.3 Å². The maximum atomic E-state index is 6.26. The SMILES string of the molecule is CCNC(C(C)C)C1(OCC)CCCCCC1. The summed E-state index contributed by atoms with van der Waals surface area (Å²) in [5.74, 6) is 0.639. The van der Waals surface area contributed by atoms with Gasteiger partial charge in [0, 0.05) is 12.6 Å². The van der Waals surface area contributed by atoms with E-state index in [2.05, 4.69) is 33.0 Å². The van der Waals surface area contributed by atoms with Crippen LogP contribution in [0.5, 0.6) is 0 Å². The molecule has 0 heterocycles. The Hall–Kier alpha value is -0.0800. The van der Waals surface area contributed by atoms with Gasteiger partial charge in [0.05, 0.1) is 5.60 Å². The van der Waals surface area contributed by atoms with Gasteiger partial charge in [-0.1, -0.05) is 46.5 Å². The largest absolute Gasteiger partial charge is 0.374 e. The summed E-state index contributed by atoms with van der Waals surface area (Å²) in [6, 6.07) is 0.505. The first-order valence-electron chi connectivity index (χ1n) is 7.53. The van der Waals surface area contributed by atoms with Crippen LogP contribution in [0.1, 0.15) is 66.2 Å². The van der Waals surface area contributed by atoms with Gasteiger partial charge < -0.3 is 10.1 Å². The van der Waals surface area contributed by atoms with Gasteiger partial charge in [-0.05, 0) is 32.2 Å². The molecule has 2 nitrogen and oxygen atoms in total. The van der Waals surface area contributed by atoms with Crippen molar-refractivity contribution in [1.29, 1.82) is 0 Å². The van der Waals surface area contributed by atoms with Crippen molar-refractivity contribution in [2.45, 2.75) is 77.9 Å². The molecule has 102 valence electrons. The molecule has 0 aromatic carbocycles. The molecule has 0 aliphatic heterocycles. The van der Waals surface area contributed by atoms with Crippen molar-refractivity contribution >= 4 is 0 Å². The lowest BCUT2D eigenvalue weighted by atomic mass is 9.80. The van der Waals surface area contributed by atoms with Gasteiger partial charge in [0.1, 0.15) is 0 Å². The molecule has 1 aliphatic rings. The Morgan fingerprint density at radius 3 is 2.06 bits per heavy atom. The highest BCUT2D eigenvalue weighted by Gasteiger charge is 2.40. The minimum atomic E-state index is 0.0927. The molecule has 0 aromatic heterocycles. The first-order chi connectivity index (χ1) is 8.16. The van der Waals surface area contributed by atoms with E-state index in [1.54, 1.807) is 0 Å². The van der Waals surface area contributed by atoms with E-state index in [-0.39, 0.29) is 5.60 Å². The van der Waals surface area contributed by atoms with Gasteiger partial charge in [0.25, 0.3) is 0 Å². The highest BCUT2D eigenvalue weighted by Crippen LogP contribution is 2.36. The zero-order valence-electron chi connectivity index (χ0n) is 12.2. The van der Waals surface area contributed by atoms with Crippen LogP contribution >= 0.6 is 0 Å². The molecule has 1 aliphatic carbocycles. The third-order valence-corrected chi connectivity index (χ3v) is 4.04. The molecule has 0 amide bonds. The Labute approximate surface area is 108 Å². The molecule has 0 saturated heterocycles. The molecule has 1 N–H and O–H groups in total. The molecular formula is C15H31NO. The Morgan fingerprint density at radius 2 is 1.65 bits per heavy atom. The predicted octanol–water partition coefficient (Wildman–Crippen LogP) is 3.75. The number of rotatable bonds is 6. The van der Waals surface area contributed by atoms with Gasteiger partial charge in [-0.15, -0.1) is 0 Å². The fourth-order valence-electron chi connectivity index (χ4n) is 3.41. The van der Waals surface area contributed by atoms with Crippen LogP contribution < -0.4 is 5.32 Å². The average molecular weight is 241 g/mol. The number of likely N-dealkylation sites (N-methyl/N-ethyl adjacent to an activating group) is 1. The third-order valence-electron chi connectivity index (χ3n) is 4.04. The average Bonchev–Trinajstić information content (AvgIpc) is 2.52. The van der Waals surface area contributed by atoms with Gasteiger partial charge in [-0.25, -0.2) is 0 Å². The minimum absolute atomic E-state index is 0.0927. The molecule has 1 atom stereocenters. The molecular weight excluding hydrogens is 210 g/mol. The predicted molar refractivity (Wildman–Crippen MR) is 74.4 cm³/mol. The highest BCUT2D eigenvalue weighted by atomic mass is 16.5. The molecule has 2 heteroatoms. The lowest BCUT2D eigenvalue weighted by molar-refractivity contribution is -0.0865. The van der Waals surface area contributed by atoms with Crippen LogP contribution in [0.2, 0.25) is 0 Å². The highest BCUT2D eigenvalue weighted by molar-refractivity contribution is 4.96. The van der Waals surface area contributed by atoms with Crippen LogP contribution in [0.4, 0.5) is 0 Å². The molecule has 0 bridgehead atoms. The first-order valence-corrected chi connectivity index (χ1v) is 7.53. The van der Waals surface area contributed by atoms with Crippen molar-refractivity contribution in [3.05, 3.63) is 0 Å². The Bertz CT molecular complexity index is 195. The Balaban J connectivity index is 2.84. The van der Waals surface area contributed by atoms with E-state index in [0.29, 0.717) is 12.0 Å². The fraction of sp³-hybridized carbons (Fsp3) is 1.00. The summed E-state index contributed by atoms with van der Waals surface area (Å²) in [6.07, 6.45) is 7.88. The van der Waals surface area contributed by atoms with Crippen molar-refractivity contribution in [3.8, 4) is 0 Å². The van der Waals surface area contributed by atoms with Crippen LogP contribution in [0.15, 0.2) is 0 Å². The summed E-state index contributed by atoms with van der Waals surface area (Å²) in [7, 11) is 0. The molecule has 0 radical (unpaired) electrons. The first kappa shape index (κ1) is 15.0. The zero-order valence-corrected chi connectivity index (χ0v) is 12.2. The summed E-state index contributed by atoms with van der Waals surface area (Å²) in [6.45, 7) is 10.9. The summed E-state index contributed by atoms with van der Waals surface area (Å²) in [5, 5.41) is 3.68. The van der Waals surface area contributed by atoms with Crippen LogP contribution in [-0.2, 0) is 4.74 Å². The number of ether oxygens (including phenoxy) is 1. The second-order valence-corrected chi connectivity index (χ2v) is 5.69. The van der Waals surface area contributed by atoms with E-state index in [9.17, 15) is 0 Å². The van der Waals surface area contributed by atoms with E-state index >= 15 is 0 Å². The summed E-state index contributed by atoms with van der Waals surface area (Å²) in [4.78, 5) is 0. The second kappa shape index (κ2) is 7.38. The number of nitrogens with one attached hydrogen (secondary N) is 1. The summed E-state index contributed by atoms with van der Waals surface area (Å²) < 4.78 is 6.26. The third kappa shape index (κ3) is 3.96. The zero-order chi connectivity index (χ0) is 12.7. The van der Waals surface area contributed by atoms with E-state index < -0.39 is 0 Å². The molecule has 0 spiro atoms. The standard InChI is InChI=1S/C15H31NO/c1-5-16-14(13(3)4)15(17-6-2)11-9-7-8-10-12-15/h13-14,16H,5-12H2,1-4H3.